The van der Waals surface area contributed by atoms with Gasteiger partial charge in [-0.15, -0.1) is 0 Å². The van der Waals surface area contributed by atoms with Crippen molar-refractivity contribution in [2.75, 3.05) is 0 Å². The molecule has 2 aromatic rings. The van der Waals surface area contributed by atoms with Gasteiger partial charge in [-0.3, -0.25) is 10.3 Å². The number of rotatable bonds is 6. The summed E-state index contributed by atoms with van der Waals surface area (Å²) in [7, 11) is 0. The van der Waals surface area contributed by atoms with Crippen LogP contribution in [0.2, 0.25) is 0 Å². The summed E-state index contributed by atoms with van der Waals surface area (Å²) in [6, 6.07) is 20.5. The predicted molar refractivity (Wildman–Crippen MR) is 83.5 cm³/mol. The summed E-state index contributed by atoms with van der Waals surface area (Å²) in [4.78, 5) is 2.22. The van der Waals surface area contributed by atoms with Crippen LogP contribution in [0.5, 0.6) is 0 Å². The first-order valence-corrected chi connectivity index (χ1v) is 6.82. The van der Waals surface area contributed by atoms with Crippen LogP contribution in [0.25, 0.3) is 0 Å². The molecule has 1 unspecified atom stereocenters. The maximum absolute atomic E-state index is 7.70. The number of benzene rings is 2. The highest BCUT2D eigenvalue weighted by atomic mass is 15.2. The molecule has 0 aliphatic carbocycles. The Morgan fingerprint density at radius 3 is 1.70 bits per heavy atom. The van der Waals surface area contributed by atoms with Crippen molar-refractivity contribution in [3.8, 4) is 0 Å². The van der Waals surface area contributed by atoms with E-state index in [-0.39, 0.29) is 11.9 Å². The highest BCUT2D eigenvalue weighted by Gasteiger charge is 2.17. The SMILES string of the molecule is CC(C(=N)N)N(Cc1ccccc1)Cc1ccccc1. The van der Waals surface area contributed by atoms with Gasteiger partial charge in [-0.25, -0.2) is 0 Å². The molecular weight excluding hydrogens is 246 g/mol. The van der Waals surface area contributed by atoms with Crippen molar-refractivity contribution < 1.29 is 0 Å². The standard InChI is InChI=1S/C17H21N3/c1-14(17(18)19)20(12-15-8-4-2-5-9-15)13-16-10-6-3-7-11-16/h2-11,14H,12-13H2,1H3,(H3,18,19). The van der Waals surface area contributed by atoms with Gasteiger partial charge in [0.15, 0.2) is 0 Å². The van der Waals surface area contributed by atoms with E-state index in [2.05, 4.69) is 29.2 Å². The van der Waals surface area contributed by atoms with Gasteiger partial charge in [0.25, 0.3) is 0 Å². The third-order valence-electron chi connectivity index (χ3n) is 3.45. The Hall–Kier alpha value is -2.13. The first-order valence-electron chi connectivity index (χ1n) is 6.82. The maximum atomic E-state index is 7.70. The molecule has 0 bridgehead atoms. The monoisotopic (exact) mass is 267 g/mol. The molecule has 0 fully saturated rings. The van der Waals surface area contributed by atoms with E-state index in [0.29, 0.717) is 0 Å². The fourth-order valence-electron chi connectivity index (χ4n) is 2.16. The molecule has 3 heteroatoms. The van der Waals surface area contributed by atoms with E-state index in [1.807, 2.05) is 43.3 Å². The molecule has 0 spiro atoms. The van der Waals surface area contributed by atoms with Crippen LogP contribution >= 0.6 is 0 Å². The molecule has 0 saturated heterocycles. The van der Waals surface area contributed by atoms with E-state index in [4.69, 9.17) is 11.1 Å². The fraction of sp³-hybridized carbons (Fsp3) is 0.235. The Morgan fingerprint density at radius 1 is 0.950 bits per heavy atom. The number of nitrogens with zero attached hydrogens (tertiary/aromatic N) is 1. The summed E-state index contributed by atoms with van der Waals surface area (Å²) in [5, 5.41) is 7.70. The molecular formula is C17H21N3. The topological polar surface area (TPSA) is 53.1 Å². The number of nitrogens with one attached hydrogen (secondary N) is 1. The fourth-order valence-corrected chi connectivity index (χ4v) is 2.16. The lowest BCUT2D eigenvalue weighted by molar-refractivity contribution is 0.233. The molecule has 0 saturated carbocycles. The molecule has 2 rings (SSSR count). The highest BCUT2D eigenvalue weighted by Crippen LogP contribution is 2.13. The number of amidine groups is 1. The highest BCUT2D eigenvalue weighted by molar-refractivity contribution is 5.82. The largest absolute Gasteiger partial charge is 0.386 e. The summed E-state index contributed by atoms with van der Waals surface area (Å²) >= 11 is 0. The zero-order valence-electron chi connectivity index (χ0n) is 11.8. The molecule has 3 N–H and O–H groups in total. The lowest BCUT2D eigenvalue weighted by atomic mass is 10.1. The van der Waals surface area contributed by atoms with Crippen LogP contribution in [0.1, 0.15) is 18.1 Å². The van der Waals surface area contributed by atoms with E-state index in [9.17, 15) is 0 Å². The van der Waals surface area contributed by atoms with Gasteiger partial charge in [0.1, 0.15) is 5.84 Å². The van der Waals surface area contributed by atoms with E-state index in [1.54, 1.807) is 0 Å². The number of hydrogen-bond donors (Lipinski definition) is 2. The smallest absolute Gasteiger partial charge is 0.108 e. The molecule has 2 aromatic carbocycles. The van der Waals surface area contributed by atoms with Crippen LogP contribution in [0.3, 0.4) is 0 Å². The Kier molecular flexibility index (Phi) is 4.91. The first-order chi connectivity index (χ1) is 9.66. The van der Waals surface area contributed by atoms with Gasteiger partial charge >= 0.3 is 0 Å². The lowest BCUT2D eigenvalue weighted by Gasteiger charge is -2.28. The Bertz CT molecular complexity index is 495. The van der Waals surface area contributed by atoms with Gasteiger partial charge in [-0.05, 0) is 18.1 Å². The minimum atomic E-state index is -0.0737. The predicted octanol–water partition coefficient (Wildman–Crippen LogP) is 3.01. The van der Waals surface area contributed by atoms with Crippen LogP contribution in [0.15, 0.2) is 60.7 Å². The summed E-state index contributed by atoms with van der Waals surface area (Å²) < 4.78 is 0. The molecule has 0 aliphatic heterocycles. The lowest BCUT2D eigenvalue weighted by Crippen LogP contribution is -2.41. The van der Waals surface area contributed by atoms with Gasteiger partial charge in [0, 0.05) is 13.1 Å². The minimum absolute atomic E-state index is 0.0737. The van der Waals surface area contributed by atoms with Crippen LogP contribution < -0.4 is 5.73 Å². The van der Waals surface area contributed by atoms with Gasteiger partial charge in [0.2, 0.25) is 0 Å². The zero-order valence-corrected chi connectivity index (χ0v) is 11.8. The minimum Gasteiger partial charge on any atom is -0.386 e. The van der Waals surface area contributed by atoms with Crippen molar-refractivity contribution >= 4 is 5.84 Å². The molecule has 1 atom stereocenters. The van der Waals surface area contributed by atoms with Crippen molar-refractivity contribution in [2.45, 2.75) is 26.1 Å². The Balaban J connectivity index is 2.14. The Morgan fingerprint density at radius 2 is 1.35 bits per heavy atom. The number of hydrogen-bond acceptors (Lipinski definition) is 2. The Labute approximate surface area is 120 Å². The van der Waals surface area contributed by atoms with Gasteiger partial charge in [0.05, 0.1) is 6.04 Å². The third kappa shape index (κ3) is 3.93. The van der Waals surface area contributed by atoms with Crippen molar-refractivity contribution in [1.82, 2.24) is 4.90 Å². The van der Waals surface area contributed by atoms with Crippen molar-refractivity contribution in [3.63, 3.8) is 0 Å². The van der Waals surface area contributed by atoms with E-state index >= 15 is 0 Å². The van der Waals surface area contributed by atoms with Crippen LogP contribution in [0, 0.1) is 5.41 Å². The average molecular weight is 267 g/mol. The maximum Gasteiger partial charge on any atom is 0.108 e. The zero-order chi connectivity index (χ0) is 14.4. The molecule has 104 valence electrons. The normalized spacial score (nSPS) is 12.3. The second-order valence-electron chi connectivity index (χ2n) is 5.01. The van der Waals surface area contributed by atoms with Crippen molar-refractivity contribution in [2.24, 2.45) is 5.73 Å². The number of nitrogens with two attached hydrogens (primary N) is 1. The van der Waals surface area contributed by atoms with Gasteiger partial charge < -0.3 is 5.73 Å². The van der Waals surface area contributed by atoms with Crippen molar-refractivity contribution in [1.29, 1.82) is 5.41 Å². The molecule has 0 radical (unpaired) electrons. The third-order valence-corrected chi connectivity index (χ3v) is 3.45. The quantitative estimate of drug-likeness (QED) is 0.624. The summed E-state index contributed by atoms with van der Waals surface area (Å²) in [6.45, 7) is 3.56. The molecule has 0 aromatic heterocycles. The second-order valence-corrected chi connectivity index (χ2v) is 5.01. The molecule has 3 nitrogen and oxygen atoms in total. The molecule has 20 heavy (non-hydrogen) atoms. The van der Waals surface area contributed by atoms with Gasteiger partial charge in [-0.2, -0.15) is 0 Å². The van der Waals surface area contributed by atoms with Crippen LogP contribution in [-0.2, 0) is 13.1 Å². The van der Waals surface area contributed by atoms with E-state index in [0.717, 1.165) is 13.1 Å². The van der Waals surface area contributed by atoms with E-state index in [1.165, 1.54) is 11.1 Å². The summed E-state index contributed by atoms with van der Waals surface area (Å²) in [5.41, 5.74) is 8.15. The molecule has 0 amide bonds. The first kappa shape index (κ1) is 14.3. The van der Waals surface area contributed by atoms with Gasteiger partial charge in [-0.1, -0.05) is 60.7 Å². The summed E-state index contributed by atoms with van der Waals surface area (Å²) in [6.07, 6.45) is 0. The van der Waals surface area contributed by atoms with Crippen molar-refractivity contribution in [3.05, 3.63) is 71.8 Å². The van der Waals surface area contributed by atoms with E-state index < -0.39 is 0 Å². The summed E-state index contributed by atoms with van der Waals surface area (Å²) in [5.74, 6) is 0.205. The van der Waals surface area contributed by atoms with Crippen LogP contribution in [0.4, 0.5) is 0 Å². The van der Waals surface area contributed by atoms with Crippen LogP contribution in [-0.4, -0.2) is 16.8 Å². The second kappa shape index (κ2) is 6.87. The molecule has 0 heterocycles. The molecule has 0 aliphatic rings. The average Bonchev–Trinajstić information content (AvgIpc) is 2.48.